The molecule has 216 valence electrons. The lowest BCUT2D eigenvalue weighted by molar-refractivity contribution is -0.274. The molecule has 9 nitrogen and oxygen atoms in total. The monoisotopic (exact) mass is 568 g/mol. The van der Waals surface area contributed by atoms with Crippen LogP contribution in [0, 0.1) is 11.8 Å². The van der Waals surface area contributed by atoms with Crippen LogP contribution in [0.2, 0.25) is 0 Å². The molecule has 1 aliphatic heterocycles. The quantitative estimate of drug-likeness (QED) is 0.464. The van der Waals surface area contributed by atoms with E-state index in [9.17, 15) is 22.8 Å². The van der Waals surface area contributed by atoms with E-state index < -0.39 is 17.8 Å². The summed E-state index contributed by atoms with van der Waals surface area (Å²) in [7, 11) is 0. The summed E-state index contributed by atoms with van der Waals surface area (Å²) in [6.07, 6.45) is 4.43. The Morgan fingerprint density at radius 3 is 2.71 bits per heavy atom. The standard InChI is InChI=1S/C29H31F3N6O3/c1-28(2,3)36-27(40)38-13-10-22-21(18-6-4-7-20(14-18)41-29(30,31)32)8-9-23(24(22)17-38)25(39)34-15-19-16-37-12-5-11-33-26(37)35-19/h4-9,11-12,14,16,23-24H,10,13,15,17H2,1-3H3,(H,34,39)(H,36,40). The molecule has 5 rings (SSSR count). The maximum absolute atomic E-state index is 13.5. The number of hydrogen-bond acceptors (Lipinski definition) is 5. The smallest absolute Gasteiger partial charge is 0.406 e. The highest BCUT2D eigenvalue weighted by Gasteiger charge is 2.39. The van der Waals surface area contributed by atoms with Gasteiger partial charge in [0.1, 0.15) is 5.75 Å². The Morgan fingerprint density at radius 1 is 1.17 bits per heavy atom. The highest BCUT2D eigenvalue weighted by molar-refractivity contribution is 5.87. The highest BCUT2D eigenvalue weighted by Crippen LogP contribution is 2.41. The average Bonchev–Trinajstić information content (AvgIpc) is 3.32. The molecule has 1 fully saturated rings. The number of piperidine rings is 1. The Hall–Kier alpha value is -4.35. The number of hydrogen-bond donors (Lipinski definition) is 2. The molecule has 1 saturated heterocycles. The molecule has 1 aliphatic carbocycles. The van der Waals surface area contributed by atoms with Crippen molar-refractivity contribution in [1.29, 1.82) is 0 Å². The number of carbonyl (C=O) groups excluding carboxylic acids is 2. The first-order chi connectivity index (χ1) is 19.4. The van der Waals surface area contributed by atoms with Crippen LogP contribution in [-0.2, 0) is 11.3 Å². The summed E-state index contributed by atoms with van der Waals surface area (Å²) in [6.45, 7) is 6.55. The van der Waals surface area contributed by atoms with Gasteiger partial charge in [-0.25, -0.2) is 14.8 Å². The van der Waals surface area contributed by atoms with E-state index in [4.69, 9.17) is 0 Å². The Labute approximate surface area is 235 Å². The second kappa shape index (κ2) is 10.9. The van der Waals surface area contributed by atoms with Gasteiger partial charge in [-0.2, -0.15) is 0 Å². The first-order valence-electron chi connectivity index (χ1n) is 13.3. The summed E-state index contributed by atoms with van der Waals surface area (Å²) in [5.74, 6) is -1.00. The van der Waals surface area contributed by atoms with Gasteiger partial charge in [-0.3, -0.25) is 9.20 Å². The fourth-order valence-corrected chi connectivity index (χ4v) is 5.24. The van der Waals surface area contributed by atoms with E-state index in [0.29, 0.717) is 30.0 Å². The number of urea groups is 1. The van der Waals surface area contributed by atoms with E-state index in [0.717, 1.165) is 11.1 Å². The van der Waals surface area contributed by atoms with Gasteiger partial charge >= 0.3 is 12.4 Å². The number of benzene rings is 1. The molecule has 2 atom stereocenters. The van der Waals surface area contributed by atoms with Gasteiger partial charge in [0.15, 0.2) is 0 Å². The minimum atomic E-state index is -4.81. The third-order valence-corrected chi connectivity index (χ3v) is 6.95. The summed E-state index contributed by atoms with van der Waals surface area (Å²) >= 11 is 0. The lowest BCUT2D eigenvalue weighted by atomic mass is 9.73. The predicted octanol–water partition coefficient (Wildman–Crippen LogP) is 4.71. The van der Waals surface area contributed by atoms with E-state index in [-0.39, 0.29) is 36.7 Å². The molecule has 41 heavy (non-hydrogen) atoms. The molecule has 3 aromatic rings. The number of imidazole rings is 1. The number of amides is 3. The number of alkyl halides is 3. The topological polar surface area (TPSA) is 101 Å². The Kier molecular flexibility index (Phi) is 7.50. The van der Waals surface area contributed by atoms with E-state index in [1.165, 1.54) is 18.2 Å². The van der Waals surface area contributed by atoms with Gasteiger partial charge in [0.25, 0.3) is 0 Å². The second-order valence-corrected chi connectivity index (χ2v) is 11.2. The van der Waals surface area contributed by atoms with Crippen LogP contribution in [0.4, 0.5) is 18.0 Å². The van der Waals surface area contributed by atoms with Crippen molar-refractivity contribution in [3.63, 3.8) is 0 Å². The van der Waals surface area contributed by atoms with Crippen LogP contribution in [0.25, 0.3) is 11.4 Å². The summed E-state index contributed by atoms with van der Waals surface area (Å²) in [6, 6.07) is 7.35. The lowest BCUT2D eigenvalue weighted by Crippen LogP contribution is -2.53. The van der Waals surface area contributed by atoms with Crippen LogP contribution >= 0.6 is 0 Å². The molecule has 1 aromatic carbocycles. The first kappa shape index (κ1) is 28.2. The number of allylic oxidation sites excluding steroid dienone is 2. The average molecular weight is 569 g/mol. The van der Waals surface area contributed by atoms with Gasteiger partial charge in [-0.05, 0) is 56.5 Å². The molecular weight excluding hydrogens is 537 g/mol. The molecule has 2 unspecified atom stereocenters. The van der Waals surface area contributed by atoms with Crippen molar-refractivity contribution in [2.45, 2.75) is 45.6 Å². The number of ether oxygens (including phenoxy) is 1. The normalized spacial score (nSPS) is 19.2. The number of fused-ring (bicyclic) bond motifs is 2. The van der Waals surface area contributed by atoms with Crippen LogP contribution in [0.5, 0.6) is 5.75 Å². The summed E-state index contributed by atoms with van der Waals surface area (Å²) in [5, 5.41) is 5.93. The fraction of sp³-hybridized carbons (Fsp3) is 0.379. The molecule has 0 radical (unpaired) electrons. The molecule has 2 aliphatic rings. The van der Waals surface area contributed by atoms with Crippen molar-refractivity contribution in [3.05, 3.63) is 77.9 Å². The molecule has 12 heteroatoms. The van der Waals surface area contributed by atoms with Crippen LogP contribution < -0.4 is 15.4 Å². The van der Waals surface area contributed by atoms with Crippen LogP contribution in [-0.4, -0.2) is 56.2 Å². The largest absolute Gasteiger partial charge is 0.573 e. The number of halogens is 3. The van der Waals surface area contributed by atoms with Crippen molar-refractivity contribution < 1.29 is 27.5 Å². The minimum absolute atomic E-state index is 0.191. The Balaban J connectivity index is 1.41. The minimum Gasteiger partial charge on any atom is -0.406 e. The van der Waals surface area contributed by atoms with Gasteiger partial charge in [0.05, 0.1) is 18.2 Å². The molecule has 0 bridgehead atoms. The summed E-state index contributed by atoms with van der Waals surface area (Å²) in [5.41, 5.74) is 2.39. The molecule has 3 amide bonds. The number of aromatic nitrogens is 3. The van der Waals surface area contributed by atoms with E-state index in [2.05, 4.69) is 25.3 Å². The SMILES string of the molecule is CC(C)(C)NC(=O)N1CCC2=C(c3cccc(OC(F)(F)F)c3)C=CC(C(=O)NCc3cn4cccnc4n3)C2C1. The number of carbonyl (C=O) groups is 2. The number of nitrogens with zero attached hydrogens (tertiary/aromatic N) is 4. The summed E-state index contributed by atoms with van der Waals surface area (Å²) < 4.78 is 44.5. The van der Waals surface area contributed by atoms with Crippen molar-refractivity contribution in [3.8, 4) is 5.75 Å². The van der Waals surface area contributed by atoms with Crippen molar-refractivity contribution in [2.24, 2.45) is 11.8 Å². The molecule has 3 heterocycles. The second-order valence-electron chi connectivity index (χ2n) is 11.2. The molecule has 0 spiro atoms. The van der Waals surface area contributed by atoms with Crippen LogP contribution in [0.1, 0.15) is 38.4 Å². The van der Waals surface area contributed by atoms with Gasteiger partial charge in [0.2, 0.25) is 11.7 Å². The maximum atomic E-state index is 13.5. The fourth-order valence-electron chi connectivity index (χ4n) is 5.24. The third kappa shape index (κ3) is 6.69. The van der Waals surface area contributed by atoms with Crippen molar-refractivity contribution in [1.82, 2.24) is 29.9 Å². The highest BCUT2D eigenvalue weighted by atomic mass is 19.4. The zero-order chi connectivity index (χ0) is 29.4. The predicted molar refractivity (Wildman–Crippen MR) is 145 cm³/mol. The number of nitrogens with one attached hydrogen (secondary N) is 2. The van der Waals surface area contributed by atoms with Crippen molar-refractivity contribution >= 4 is 23.3 Å². The Bertz CT molecular complexity index is 1490. The van der Waals surface area contributed by atoms with Gasteiger partial charge in [0, 0.05) is 43.1 Å². The van der Waals surface area contributed by atoms with Crippen molar-refractivity contribution in [2.75, 3.05) is 13.1 Å². The van der Waals surface area contributed by atoms with Crippen LogP contribution in [0.3, 0.4) is 0 Å². The molecular formula is C29H31F3N6O3. The summed E-state index contributed by atoms with van der Waals surface area (Å²) in [4.78, 5) is 36.8. The zero-order valence-corrected chi connectivity index (χ0v) is 22.9. The zero-order valence-electron chi connectivity index (χ0n) is 22.9. The maximum Gasteiger partial charge on any atom is 0.573 e. The van der Waals surface area contributed by atoms with E-state index >= 15 is 0 Å². The van der Waals surface area contributed by atoms with E-state index in [1.807, 2.05) is 27.0 Å². The molecule has 0 saturated carbocycles. The molecule has 2 N–H and O–H groups in total. The number of likely N-dealkylation sites (tertiary alicyclic amines) is 1. The first-order valence-corrected chi connectivity index (χ1v) is 13.3. The Morgan fingerprint density at radius 2 is 1.98 bits per heavy atom. The van der Waals surface area contributed by atoms with Gasteiger partial charge in [-0.15, -0.1) is 13.2 Å². The third-order valence-electron chi connectivity index (χ3n) is 6.95. The van der Waals surface area contributed by atoms with Crippen LogP contribution in [0.15, 0.2) is 66.6 Å². The van der Waals surface area contributed by atoms with Gasteiger partial charge in [-0.1, -0.05) is 29.9 Å². The van der Waals surface area contributed by atoms with Gasteiger partial charge < -0.3 is 20.3 Å². The number of rotatable bonds is 5. The molecule has 2 aromatic heterocycles. The lowest BCUT2D eigenvalue weighted by Gasteiger charge is -2.41. The van der Waals surface area contributed by atoms with E-state index in [1.54, 1.807) is 46.0 Å².